The molecule has 3 N–H and O–H groups in total. The number of aromatic nitrogens is 2. The SMILES string of the molecule is C[C@H]1OC(c2ccccc2)(c2ccn[nH]2)[C@H](O)[C@]1(C)O. The molecule has 1 saturated heterocycles. The Bertz CT molecular complexity index is 582. The highest BCUT2D eigenvalue weighted by molar-refractivity contribution is 5.37. The number of aliphatic hydroxyl groups is 2. The summed E-state index contributed by atoms with van der Waals surface area (Å²) < 4.78 is 6.04. The lowest BCUT2D eigenvalue weighted by molar-refractivity contribution is -0.0638. The number of benzene rings is 1. The Morgan fingerprint density at radius 3 is 2.45 bits per heavy atom. The first kappa shape index (κ1) is 13.3. The van der Waals surface area contributed by atoms with Gasteiger partial charge in [-0.2, -0.15) is 5.10 Å². The van der Waals surface area contributed by atoms with E-state index in [-0.39, 0.29) is 0 Å². The molecule has 2 heterocycles. The molecule has 1 aromatic carbocycles. The van der Waals surface area contributed by atoms with Crippen molar-refractivity contribution in [3.8, 4) is 0 Å². The number of aliphatic hydroxyl groups excluding tert-OH is 1. The van der Waals surface area contributed by atoms with Gasteiger partial charge in [-0.05, 0) is 25.5 Å². The van der Waals surface area contributed by atoms with Gasteiger partial charge in [0, 0.05) is 6.20 Å². The molecule has 5 nitrogen and oxygen atoms in total. The Balaban J connectivity index is 2.22. The highest BCUT2D eigenvalue weighted by Gasteiger charge is 2.61. The van der Waals surface area contributed by atoms with E-state index >= 15 is 0 Å². The van der Waals surface area contributed by atoms with E-state index in [1.807, 2.05) is 30.3 Å². The minimum atomic E-state index is -1.35. The quantitative estimate of drug-likeness (QED) is 0.768. The number of H-pyrrole nitrogens is 1. The Hall–Kier alpha value is -1.69. The van der Waals surface area contributed by atoms with E-state index in [2.05, 4.69) is 10.2 Å². The summed E-state index contributed by atoms with van der Waals surface area (Å²) in [6, 6.07) is 11.1. The van der Waals surface area contributed by atoms with Crippen LogP contribution in [-0.4, -0.2) is 38.2 Å². The molecular weight excluding hydrogens is 256 g/mol. The molecule has 0 spiro atoms. The van der Waals surface area contributed by atoms with Crippen LogP contribution in [0.5, 0.6) is 0 Å². The van der Waals surface area contributed by atoms with Crippen molar-refractivity contribution in [2.24, 2.45) is 0 Å². The molecule has 1 fully saturated rings. The molecule has 106 valence electrons. The van der Waals surface area contributed by atoms with E-state index in [0.717, 1.165) is 5.56 Å². The number of aromatic amines is 1. The standard InChI is InChI=1S/C15H18N2O3/c1-10-14(2,19)13(18)15(20-10,12-8-9-16-17-12)11-6-4-3-5-7-11/h3-10,13,18-19H,1-2H3,(H,16,17)/t10-,13-,14-,15?/m1/s1. The van der Waals surface area contributed by atoms with Gasteiger partial charge < -0.3 is 14.9 Å². The zero-order valence-corrected chi connectivity index (χ0v) is 11.4. The first-order valence-corrected chi connectivity index (χ1v) is 6.63. The van der Waals surface area contributed by atoms with Crippen LogP contribution < -0.4 is 0 Å². The zero-order valence-electron chi connectivity index (χ0n) is 11.4. The summed E-state index contributed by atoms with van der Waals surface area (Å²) in [5.41, 5.74) is -1.08. The molecule has 1 aromatic heterocycles. The maximum absolute atomic E-state index is 10.7. The van der Waals surface area contributed by atoms with E-state index in [4.69, 9.17) is 4.74 Å². The lowest BCUT2D eigenvalue weighted by Crippen LogP contribution is -2.48. The van der Waals surface area contributed by atoms with Gasteiger partial charge in [0.15, 0.2) is 5.60 Å². The molecule has 1 unspecified atom stereocenters. The van der Waals surface area contributed by atoms with Crippen LogP contribution in [0.4, 0.5) is 0 Å². The fraction of sp³-hybridized carbons (Fsp3) is 0.400. The molecular formula is C15H18N2O3. The third-order valence-corrected chi connectivity index (χ3v) is 4.23. The first-order chi connectivity index (χ1) is 9.49. The van der Waals surface area contributed by atoms with Crippen molar-refractivity contribution in [3.05, 3.63) is 53.9 Å². The van der Waals surface area contributed by atoms with Gasteiger partial charge in [0.1, 0.15) is 11.7 Å². The zero-order chi connectivity index (χ0) is 14.4. The molecule has 0 aliphatic carbocycles. The van der Waals surface area contributed by atoms with Crippen molar-refractivity contribution < 1.29 is 14.9 Å². The summed E-state index contributed by atoms with van der Waals surface area (Å²) in [4.78, 5) is 0. The monoisotopic (exact) mass is 274 g/mol. The van der Waals surface area contributed by atoms with E-state index < -0.39 is 23.4 Å². The second-order valence-corrected chi connectivity index (χ2v) is 5.46. The average Bonchev–Trinajstić information content (AvgIpc) is 3.03. The third-order valence-electron chi connectivity index (χ3n) is 4.23. The summed E-state index contributed by atoms with van der Waals surface area (Å²) >= 11 is 0. The molecule has 1 aliphatic rings. The number of hydrogen-bond donors (Lipinski definition) is 3. The van der Waals surface area contributed by atoms with Gasteiger partial charge in [-0.3, -0.25) is 5.10 Å². The smallest absolute Gasteiger partial charge is 0.163 e. The lowest BCUT2D eigenvalue weighted by Gasteiger charge is -2.33. The fourth-order valence-electron chi connectivity index (χ4n) is 2.84. The topological polar surface area (TPSA) is 78.4 Å². The molecule has 5 heteroatoms. The number of rotatable bonds is 2. The Kier molecular flexibility index (Phi) is 2.93. The first-order valence-electron chi connectivity index (χ1n) is 6.63. The number of nitrogens with zero attached hydrogens (tertiary/aromatic N) is 1. The summed E-state index contributed by atoms with van der Waals surface area (Å²) in [5.74, 6) is 0. The summed E-state index contributed by atoms with van der Waals surface area (Å²) in [6.07, 6.45) is -0.0118. The molecule has 20 heavy (non-hydrogen) atoms. The highest BCUT2D eigenvalue weighted by Crippen LogP contribution is 2.48. The van der Waals surface area contributed by atoms with Crippen molar-refractivity contribution in [1.82, 2.24) is 10.2 Å². The van der Waals surface area contributed by atoms with Crippen molar-refractivity contribution in [2.75, 3.05) is 0 Å². The molecule has 0 radical (unpaired) electrons. The predicted molar refractivity (Wildman–Crippen MR) is 73.0 cm³/mol. The maximum Gasteiger partial charge on any atom is 0.163 e. The largest absolute Gasteiger partial charge is 0.386 e. The fourth-order valence-corrected chi connectivity index (χ4v) is 2.84. The normalized spacial score (nSPS) is 37.2. The van der Waals surface area contributed by atoms with Gasteiger partial charge in [0.2, 0.25) is 0 Å². The van der Waals surface area contributed by atoms with Crippen LogP contribution in [0.2, 0.25) is 0 Å². The van der Waals surface area contributed by atoms with Crippen LogP contribution in [0.1, 0.15) is 25.1 Å². The second kappa shape index (κ2) is 4.41. The van der Waals surface area contributed by atoms with Gasteiger partial charge in [-0.15, -0.1) is 0 Å². The van der Waals surface area contributed by atoms with Gasteiger partial charge in [0.05, 0.1) is 11.8 Å². The van der Waals surface area contributed by atoms with Crippen LogP contribution in [0.3, 0.4) is 0 Å². The van der Waals surface area contributed by atoms with Crippen molar-refractivity contribution in [2.45, 2.75) is 37.3 Å². The maximum atomic E-state index is 10.7. The molecule has 0 amide bonds. The van der Waals surface area contributed by atoms with Crippen molar-refractivity contribution in [1.29, 1.82) is 0 Å². The summed E-state index contributed by atoms with van der Waals surface area (Å²) in [5, 5.41) is 28.1. The summed E-state index contributed by atoms with van der Waals surface area (Å²) in [7, 11) is 0. The van der Waals surface area contributed by atoms with E-state index in [0.29, 0.717) is 5.69 Å². The van der Waals surface area contributed by atoms with Crippen molar-refractivity contribution >= 4 is 0 Å². The molecule has 2 aromatic rings. The van der Waals surface area contributed by atoms with Crippen LogP contribution in [-0.2, 0) is 10.3 Å². The Morgan fingerprint density at radius 2 is 1.95 bits per heavy atom. The lowest BCUT2D eigenvalue weighted by atomic mass is 9.79. The Morgan fingerprint density at radius 1 is 1.25 bits per heavy atom. The molecule has 1 aliphatic heterocycles. The molecule has 0 bridgehead atoms. The number of hydrogen-bond acceptors (Lipinski definition) is 4. The van der Waals surface area contributed by atoms with E-state index in [1.54, 1.807) is 26.1 Å². The van der Waals surface area contributed by atoms with Gasteiger partial charge in [0.25, 0.3) is 0 Å². The third kappa shape index (κ3) is 1.64. The van der Waals surface area contributed by atoms with Gasteiger partial charge >= 0.3 is 0 Å². The number of ether oxygens (including phenoxy) is 1. The van der Waals surface area contributed by atoms with Crippen LogP contribution in [0.15, 0.2) is 42.6 Å². The van der Waals surface area contributed by atoms with Crippen LogP contribution in [0.25, 0.3) is 0 Å². The van der Waals surface area contributed by atoms with E-state index in [9.17, 15) is 10.2 Å². The number of nitrogens with one attached hydrogen (secondary N) is 1. The Labute approximate surface area is 117 Å². The van der Waals surface area contributed by atoms with Gasteiger partial charge in [-0.1, -0.05) is 30.3 Å². The van der Waals surface area contributed by atoms with Crippen LogP contribution in [0, 0.1) is 0 Å². The van der Waals surface area contributed by atoms with Gasteiger partial charge in [-0.25, -0.2) is 0 Å². The predicted octanol–water partition coefficient (Wildman–Crippen LogP) is 1.18. The minimum Gasteiger partial charge on any atom is -0.386 e. The van der Waals surface area contributed by atoms with E-state index in [1.165, 1.54) is 0 Å². The summed E-state index contributed by atoms with van der Waals surface area (Å²) in [6.45, 7) is 3.34. The molecule has 4 atom stereocenters. The highest BCUT2D eigenvalue weighted by atomic mass is 16.6. The molecule has 3 rings (SSSR count). The minimum absolute atomic E-state index is 0.513. The second-order valence-electron chi connectivity index (χ2n) is 5.46. The van der Waals surface area contributed by atoms with Crippen LogP contribution >= 0.6 is 0 Å². The molecule has 0 saturated carbocycles. The van der Waals surface area contributed by atoms with Crippen molar-refractivity contribution in [3.63, 3.8) is 0 Å². The average molecular weight is 274 g/mol.